The highest BCUT2D eigenvalue weighted by Gasteiger charge is 2.52. The zero-order chi connectivity index (χ0) is 23.6. The van der Waals surface area contributed by atoms with Gasteiger partial charge in [-0.25, -0.2) is 0 Å². The number of hydrogen-bond donors (Lipinski definition) is 2. The number of benzene rings is 2. The molecule has 0 aromatic heterocycles. The second-order valence-corrected chi connectivity index (χ2v) is 10.1. The summed E-state index contributed by atoms with van der Waals surface area (Å²) < 4.78 is 38.8. The Hall–Kier alpha value is -2.75. The normalized spacial score (nSPS) is 22.7. The fraction of sp³-hybridized carbons (Fsp3) is 0.417. The number of nitrogens with one attached hydrogen (secondary N) is 1. The molecule has 4 rings (SSSR count). The van der Waals surface area contributed by atoms with Gasteiger partial charge in [0, 0.05) is 18.5 Å². The van der Waals surface area contributed by atoms with Crippen molar-refractivity contribution in [3.8, 4) is 5.75 Å². The maximum Gasteiger partial charge on any atom is 0.294 e. The topological polar surface area (TPSA) is 113 Å². The van der Waals surface area contributed by atoms with E-state index < -0.39 is 21.4 Å². The Morgan fingerprint density at radius 1 is 1.12 bits per heavy atom. The number of likely N-dealkylation sites (tertiary alicyclic amines) is 1. The number of hydrogen-bond acceptors (Lipinski definition) is 6. The number of imide groups is 1. The van der Waals surface area contributed by atoms with Crippen LogP contribution in [0.15, 0.2) is 53.4 Å². The fourth-order valence-electron chi connectivity index (χ4n) is 5.21. The first-order valence-electron chi connectivity index (χ1n) is 11.0. The van der Waals surface area contributed by atoms with E-state index in [2.05, 4.69) is 22.3 Å². The number of nitrogens with zero attached hydrogens (tertiary/aromatic N) is 1. The lowest BCUT2D eigenvalue weighted by molar-refractivity contribution is -0.140. The van der Waals surface area contributed by atoms with Gasteiger partial charge in [0.15, 0.2) is 0 Å². The Bertz CT molecular complexity index is 1140. The van der Waals surface area contributed by atoms with Crippen molar-refractivity contribution in [3.05, 3.63) is 59.7 Å². The van der Waals surface area contributed by atoms with Crippen LogP contribution in [0.2, 0.25) is 0 Å². The lowest BCUT2D eigenvalue weighted by Gasteiger charge is -2.46. The molecule has 33 heavy (non-hydrogen) atoms. The summed E-state index contributed by atoms with van der Waals surface area (Å²) in [6.07, 6.45) is 1.81. The van der Waals surface area contributed by atoms with Crippen molar-refractivity contribution in [2.24, 2.45) is 5.92 Å². The van der Waals surface area contributed by atoms with Crippen LogP contribution in [0.1, 0.15) is 36.8 Å². The molecule has 1 unspecified atom stereocenters. The molecule has 9 heteroatoms. The van der Waals surface area contributed by atoms with Crippen molar-refractivity contribution in [2.75, 3.05) is 20.2 Å². The third-order valence-electron chi connectivity index (χ3n) is 6.89. The van der Waals surface area contributed by atoms with Gasteiger partial charge in [0.05, 0.1) is 17.4 Å². The van der Waals surface area contributed by atoms with Gasteiger partial charge in [-0.15, -0.1) is 0 Å². The third kappa shape index (κ3) is 4.66. The minimum atomic E-state index is -4.48. The second-order valence-electron chi connectivity index (χ2n) is 8.72. The molecule has 2 amide bonds. The van der Waals surface area contributed by atoms with Gasteiger partial charge >= 0.3 is 0 Å². The minimum Gasteiger partial charge on any atom is -0.496 e. The summed E-state index contributed by atoms with van der Waals surface area (Å²) in [5.41, 5.74) is 0.486. The average Bonchev–Trinajstić information content (AvgIpc) is 2.80. The molecule has 2 fully saturated rings. The summed E-state index contributed by atoms with van der Waals surface area (Å²) in [5.74, 6) is -0.546. The molecule has 0 saturated carbocycles. The van der Waals surface area contributed by atoms with E-state index in [1.807, 2.05) is 18.2 Å². The Balaban J connectivity index is 1.68. The average molecular weight is 473 g/mol. The zero-order valence-electron chi connectivity index (χ0n) is 18.5. The molecule has 8 nitrogen and oxygen atoms in total. The number of amides is 2. The molecule has 2 heterocycles. The number of carbonyl (C=O) groups is 2. The van der Waals surface area contributed by atoms with Crippen molar-refractivity contribution < 1.29 is 27.3 Å². The summed E-state index contributed by atoms with van der Waals surface area (Å²) in [7, 11) is -3.03. The van der Waals surface area contributed by atoms with Gasteiger partial charge in [-0.05, 0) is 62.0 Å². The predicted octanol–water partition coefficient (Wildman–Crippen LogP) is 2.53. The largest absolute Gasteiger partial charge is 0.496 e. The maximum atomic E-state index is 13.4. The standard InChI is InChI=1S/C24H28N2O6S/c1-32-21-8-7-19(33(29,30)31)15-20(21)24(12-9-22(27)25-23(24)28)18-10-13-26(14-11-18)16-17-5-3-2-4-6-17/h2-8,15,18H,9-14,16H2,1H3,(H,25,27,28)(H,29,30,31). The zero-order valence-corrected chi connectivity index (χ0v) is 19.3. The third-order valence-corrected chi connectivity index (χ3v) is 7.74. The van der Waals surface area contributed by atoms with E-state index in [4.69, 9.17) is 4.74 Å². The van der Waals surface area contributed by atoms with Crippen LogP contribution in [0.25, 0.3) is 0 Å². The molecule has 2 aliphatic heterocycles. The van der Waals surface area contributed by atoms with Crippen LogP contribution >= 0.6 is 0 Å². The molecule has 0 spiro atoms. The minimum absolute atomic E-state index is 0.122. The number of piperidine rings is 2. The Kier molecular flexibility index (Phi) is 6.56. The first-order chi connectivity index (χ1) is 15.7. The van der Waals surface area contributed by atoms with Gasteiger partial charge in [0.2, 0.25) is 11.8 Å². The van der Waals surface area contributed by atoms with Gasteiger partial charge in [-0.2, -0.15) is 8.42 Å². The number of methoxy groups -OCH3 is 1. The van der Waals surface area contributed by atoms with Crippen molar-refractivity contribution in [2.45, 2.75) is 42.5 Å². The lowest BCUT2D eigenvalue weighted by atomic mass is 9.62. The summed E-state index contributed by atoms with van der Waals surface area (Å²) in [6.45, 7) is 2.35. The van der Waals surface area contributed by atoms with E-state index in [1.54, 1.807) is 0 Å². The SMILES string of the molecule is COc1ccc(S(=O)(=O)O)cc1C1(C2CCN(Cc3ccccc3)CC2)CCC(=O)NC1=O. The molecule has 2 aliphatic rings. The van der Waals surface area contributed by atoms with Gasteiger partial charge in [-0.1, -0.05) is 30.3 Å². The molecular formula is C24H28N2O6S. The van der Waals surface area contributed by atoms with Crippen molar-refractivity contribution >= 4 is 21.9 Å². The van der Waals surface area contributed by atoms with Crippen LogP contribution in [-0.4, -0.2) is 49.9 Å². The molecule has 2 N–H and O–H groups in total. The Morgan fingerprint density at radius 3 is 2.42 bits per heavy atom. The molecule has 1 atom stereocenters. The van der Waals surface area contributed by atoms with Gasteiger partial charge < -0.3 is 4.74 Å². The van der Waals surface area contributed by atoms with Crippen molar-refractivity contribution in [1.82, 2.24) is 10.2 Å². The van der Waals surface area contributed by atoms with E-state index in [-0.39, 0.29) is 29.6 Å². The lowest BCUT2D eigenvalue weighted by Crippen LogP contribution is -2.57. The fourth-order valence-corrected chi connectivity index (χ4v) is 5.72. The molecule has 2 aromatic rings. The molecule has 0 bridgehead atoms. The first kappa shape index (κ1) is 23.4. The summed E-state index contributed by atoms with van der Waals surface area (Å²) >= 11 is 0. The predicted molar refractivity (Wildman–Crippen MR) is 121 cm³/mol. The molecule has 0 radical (unpaired) electrons. The molecule has 176 valence electrons. The molecule has 0 aliphatic carbocycles. The first-order valence-corrected chi connectivity index (χ1v) is 12.4. The maximum absolute atomic E-state index is 13.4. The van der Waals surface area contributed by atoms with Crippen molar-refractivity contribution in [3.63, 3.8) is 0 Å². The van der Waals surface area contributed by atoms with Crippen LogP contribution in [-0.2, 0) is 31.7 Å². The van der Waals surface area contributed by atoms with Crippen LogP contribution in [0.4, 0.5) is 0 Å². The summed E-state index contributed by atoms with van der Waals surface area (Å²) in [6, 6.07) is 14.2. The van der Waals surface area contributed by atoms with Crippen LogP contribution in [0.3, 0.4) is 0 Å². The Morgan fingerprint density at radius 2 is 1.82 bits per heavy atom. The highest BCUT2D eigenvalue weighted by Crippen LogP contribution is 2.48. The van der Waals surface area contributed by atoms with Gasteiger partial charge in [0.25, 0.3) is 10.1 Å². The van der Waals surface area contributed by atoms with E-state index in [9.17, 15) is 22.6 Å². The van der Waals surface area contributed by atoms with Crippen LogP contribution in [0.5, 0.6) is 5.75 Å². The van der Waals surface area contributed by atoms with Gasteiger partial charge in [0.1, 0.15) is 5.75 Å². The van der Waals surface area contributed by atoms with Gasteiger partial charge in [-0.3, -0.25) is 24.4 Å². The summed E-state index contributed by atoms with van der Waals surface area (Å²) in [4.78, 5) is 27.4. The smallest absolute Gasteiger partial charge is 0.294 e. The monoisotopic (exact) mass is 472 g/mol. The van der Waals surface area contributed by atoms with Crippen LogP contribution < -0.4 is 10.1 Å². The van der Waals surface area contributed by atoms with Crippen molar-refractivity contribution in [1.29, 1.82) is 0 Å². The molecular weight excluding hydrogens is 444 g/mol. The van der Waals surface area contributed by atoms with Crippen LogP contribution in [0, 0.1) is 5.92 Å². The van der Waals surface area contributed by atoms with E-state index in [1.165, 1.54) is 30.9 Å². The second kappa shape index (κ2) is 9.24. The van der Waals surface area contributed by atoms with E-state index >= 15 is 0 Å². The Labute approximate surface area is 193 Å². The van der Waals surface area contributed by atoms with E-state index in [0.717, 1.165) is 19.6 Å². The number of ether oxygens (including phenoxy) is 1. The van der Waals surface area contributed by atoms with E-state index in [0.29, 0.717) is 24.2 Å². The number of rotatable bonds is 6. The quantitative estimate of drug-likeness (QED) is 0.491. The highest BCUT2D eigenvalue weighted by molar-refractivity contribution is 7.85. The molecule has 2 aromatic carbocycles. The summed E-state index contributed by atoms with van der Waals surface area (Å²) in [5, 5.41) is 2.47. The highest BCUT2D eigenvalue weighted by atomic mass is 32.2. The number of carbonyl (C=O) groups excluding carboxylic acids is 2. The molecule has 2 saturated heterocycles.